The first-order valence-corrected chi connectivity index (χ1v) is 8.38. The summed E-state index contributed by atoms with van der Waals surface area (Å²) in [5.41, 5.74) is 1.87. The molecule has 1 aromatic rings. The molecule has 0 bridgehead atoms. The van der Waals surface area contributed by atoms with Crippen molar-refractivity contribution in [1.29, 1.82) is 0 Å². The molecule has 2 saturated heterocycles. The zero-order valence-electron chi connectivity index (χ0n) is 13.7. The summed E-state index contributed by atoms with van der Waals surface area (Å²) in [6, 6.07) is 6.34. The predicted molar refractivity (Wildman–Crippen MR) is 88.6 cm³/mol. The Balaban J connectivity index is 1.51. The number of rotatable bonds is 3. The van der Waals surface area contributed by atoms with Gasteiger partial charge in [-0.25, -0.2) is 4.79 Å². The summed E-state index contributed by atoms with van der Waals surface area (Å²) < 4.78 is 11.2. The van der Waals surface area contributed by atoms with Crippen LogP contribution in [0, 0.1) is 0 Å². The molecule has 1 N–H and O–H groups in total. The van der Waals surface area contributed by atoms with Crippen molar-refractivity contribution < 1.29 is 19.1 Å². The van der Waals surface area contributed by atoms with Crippen molar-refractivity contribution in [3.05, 3.63) is 18.2 Å². The second-order valence-electron chi connectivity index (χ2n) is 6.51. The molecule has 3 aliphatic rings. The number of fused-ring (bicyclic) bond motifs is 3. The number of cyclic esters (lactones) is 1. The topological polar surface area (TPSA) is 71.1 Å². The number of benzene rings is 1. The van der Waals surface area contributed by atoms with Crippen LogP contribution in [0.2, 0.25) is 0 Å². The quantitative estimate of drug-likeness (QED) is 0.909. The first kappa shape index (κ1) is 15.1. The zero-order valence-corrected chi connectivity index (χ0v) is 13.7. The second-order valence-corrected chi connectivity index (χ2v) is 6.51. The number of carbonyl (C=O) groups is 2. The van der Waals surface area contributed by atoms with E-state index in [1.807, 2.05) is 18.2 Å². The lowest BCUT2D eigenvalue weighted by atomic mass is 10.1. The van der Waals surface area contributed by atoms with Gasteiger partial charge in [0.05, 0.1) is 30.5 Å². The van der Waals surface area contributed by atoms with Gasteiger partial charge in [-0.3, -0.25) is 9.69 Å². The molecule has 7 heteroatoms. The van der Waals surface area contributed by atoms with Crippen LogP contribution in [0.15, 0.2) is 18.2 Å². The molecule has 2 fully saturated rings. The average Bonchev–Trinajstić information content (AvgIpc) is 3.18. The highest BCUT2D eigenvalue weighted by atomic mass is 16.6. The Morgan fingerprint density at radius 1 is 1.42 bits per heavy atom. The van der Waals surface area contributed by atoms with Crippen molar-refractivity contribution in [2.45, 2.75) is 31.9 Å². The Labute approximate surface area is 140 Å². The van der Waals surface area contributed by atoms with E-state index in [2.05, 4.69) is 10.2 Å². The average molecular weight is 331 g/mol. The van der Waals surface area contributed by atoms with Crippen LogP contribution in [0.3, 0.4) is 0 Å². The molecule has 2 amide bonds. The van der Waals surface area contributed by atoms with E-state index in [1.54, 1.807) is 4.90 Å². The largest absolute Gasteiger partial charge is 0.489 e. The van der Waals surface area contributed by atoms with Gasteiger partial charge < -0.3 is 19.7 Å². The van der Waals surface area contributed by atoms with Crippen molar-refractivity contribution >= 4 is 23.4 Å². The first-order chi connectivity index (χ1) is 11.6. The minimum Gasteiger partial charge on any atom is -0.489 e. The molecule has 1 aromatic carbocycles. The maximum Gasteiger partial charge on any atom is 0.414 e. The molecule has 128 valence electrons. The third kappa shape index (κ3) is 2.64. The molecule has 3 heterocycles. The lowest BCUT2D eigenvalue weighted by molar-refractivity contribution is -0.119. The third-order valence-electron chi connectivity index (χ3n) is 4.83. The molecule has 3 aliphatic heterocycles. The summed E-state index contributed by atoms with van der Waals surface area (Å²) in [7, 11) is 0. The Morgan fingerprint density at radius 2 is 2.29 bits per heavy atom. The summed E-state index contributed by atoms with van der Waals surface area (Å²) in [5, 5.41) is 2.68. The number of amides is 2. The van der Waals surface area contributed by atoms with Crippen LogP contribution < -0.4 is 19.9 Å². The highest BCUT2D eigenvalue weighted by Gasteiger charge is 2.35. The van der Waals surface area contributed by atoms with Crippen LogP contribution in [0.5, 0.6) is 5.75 Å². The van der Waals surface area contributed by atoms with Crippen LogP contribution in [0.1, 0.15) is 19.8 Å². The van der Waals surface area contributed by atoms with E-state index in [4.69, 9.17) is 9.47 Å². The Hall–Kier alpha value is -2.44. The first-order valence-electron chi connectivity index (χ1n) is 8.38. The van der Waals surface area contributed by atoms with E-state index in [9.17, 15) is 9.59 Å². The Bertz CT molecular complexity index is 678. The molecule has 0 saturated carbocycles. The van der Waals surface area contributed by atoms with Crippen molar-refractivity contribution in [3.8, 4) is 5.75 Å². The molecule has 4 rings (SSSR count). The van der Waals surface area contributed by atoms with Crippen molar-refractivity contribution in [2.75, 3.05) is 36.0 Å². The van der Waals surface area contributed by atoms with E-state index in [1.165, 1.54) is 19.8 Å². The van der Waals surface area contributed by atoms with E-state index in [-0.39, 0.29) is 18.1 Å². The van der Waals surface area contributed by atoms with Crippen molar-refractivity contribution in [1.82, 2.24) is 5.32 Å². The lowest BCUT2D eigenvalue weighted by Gasteiger charge is -2.34. The van der Waals surface area contributed by atoms with Gasteiger partial charge in [-0.15, -0.1) is 0 Å². The molecule has 0 unspecified atom stereocenters. The molecule has 24 heavy (non-hydrogen) atoms. The third-order valence-corrected chi connectivity index (χ3v) is 4.83. The molecular formula is C17H21N3O4. The molecule has 0 aromatic heterocycles. The molecule has 7 nitrogen and oxygen atoms in total. The summed E-state index contributed by atoms with van der Waals surface area (Å²) >= 11 is 0. The number of hydrogen-bond acceptors (Lipinski definition) is 5. The van der Waals surface area contributed by atoms with E-state index in [0.717, 1.165) is 23.7 Å². The van der Waals surface area contributed by atoms with Gasteiger partial charge in [0.25, 0.3) is 0 Å². The predicted octanol–water partition coefficient (Wildman–Crippen LogP) is 1.51. The fourth-order valence-electron chi connectivity index (χ4n) is 3.63. The van der Waals surface area contributed by atoms with Crippen LogP contribution in [-0.2, 0) is 9.53 Å². The summed E-state index contributed by atoms with van der Waals surface area (Å²) in [4.78, 5) is 27.1. The number of hydrogen-bond donors (Lipinski definition) is 1. The maximum absolute atomic E-state index is 12.1. The molecule has 0 aliphatic carbocycles. The summed E-state index contributed by atoms with van der Waals surface area (Å²) in [6.07, 6.45) is 1.64. The van der Waals surface area contributed by atoms with E-state index >= 15 is 0 Å². The van der Waals surface area contributed by atoms with E-state index < -0.39 is 0 Å². The monoisotopic (exact) mass is 331 g/mol. The Kier molecular flexibility index (Phi) is 3.70. The van der Waals surface area contributed by atoms with Crippen molar-refractivity contribution in [2.24, 2.45) is 0 Å². The Morgan fingerprint density at radius 3 is 3.12 bits per heavy atom. The fraction of sp³-hybridized carbons (Fsp3) is 0.529. The zero-order chi connectivity index (χ0) is 16.7. The molecule has 0 spiro atoms. The minimum absolute atomic E-state index is 0.133. The number of carbonyl (C=O) groups excluding carboxylic acids is 2. The van der Waals surface area contributed by atoms with E-state index in [0.29, 0.717) is 25.7 Å². The summed E-state index contributed by atoms with van der Waals surface area (Å²) in [5.74, 6) is 0.690. The summed E-state index contributed by atoms with van der Waals surface area (Å²) in [6.45, 7) is 3.96. The standard InChI is InChI=1S/C17H21N3O4/c1-11(21)18-8-14-9-20(17(22)24-14)12-4-5-15-16(7-12)23-10-13-3-2-6-19(13)15/h4-5,7,13-14H,2-3,6,8-10H2,1H3,(H,18,21)/t13-,14-/m0/s1. The fourth-order valence-corrected chi connectivity index (χ4v) is 3.63. The number of nitrogens with one attached hydrogen (secondary N) is 1. The van der Waals surface area contributed by atoms with Gasteiger partial charge in [0.1, 0.15) is 18.5 Å². The van der Waals surface area contributed by atoms with Crippen LogP contribution in [0.25, 0.3) is 0 Å². The van der Waals surface area contributed by atoms with Gasteiger partial charge in [0.2, 0.25) is 5.91 Å². The van der Waals surface area contributed by atoms with Crippen LogP contribution >= 0.6 is 0 Å². The van der Waals surface area contributed by atoms with Gasteiger partial charge in [0, 0.05) is 19.5 Å². The maximum atomic E-state index is 12.1. The minimum atomic E-state index is -0.389. The molecular weight excluding hydrogens is 310 g/mol. The van der Waals surface area contributed by atoms with Crippen LogP contribution in [0.4, 0.5) is 16.2 Å². The highest BCUT2D eigenvalue weighted by Crippen LogP contribution is 2.40. The number of anilines is 2. The normalized spacial score (nSPS) is 25.0. The number of ether oxygens (including phenoxy) is 2. The molecule has 2 atom stereocenters. The second kappa shape index (κ2) is 5.89. The van der Waals surface area contributed by atoms with Gasteiger partial charge in [-0.05, 0) is 25.0 Å². The SMILES string of the molecule is CC(=O)NC[C@H]1CN(c2ccc3c(c2)OC[C@@H]2CCCN32)C(=O)O1. The van der Waals surface area contributed by atoms with Gasteiger partial charge in [-0.2, -0.15) is 0 Å². The smallest absolute Gasteiger partial charge is 0.414 e. The number of nitrogens with zero attached hydrogens (tertiary/aromatic N) is 2. The van der Waals surface area contributed by atoms with Gasteiger partial charge in [-0.1, -0.05) is 0 Å². The lowest BCUT2D eigenvalue weighted by Crippen LogP contribution is -2.38. The van der Waals surface area contributed by atoms with Gasteiger partial charge in [0.15, 0.2) is 0 Å². The van der Waals surface area contributed by atoms with Crippen molar-refractivity contribution in [3.63, 3.8) is 0 Å². The highest BCUT2D eigenvalue weighted by molar-refractivity contribution is 5.90. The van der Waals surface area contributed by atoms with Gasteiger partial charge >= 0.3 is 6.09 Å². The molecule has 0 radical (unpaired) electrons. The van der Waals surface area contributed by atoms with Crippen LogP contribution in [-0.4, -0.2) is 50.4 Å².